The monoisotopic (exact) mass is 697 g/mol. The van der Waals surface area contributed by atoms with E-state index in [-0.39, 0.29) is 65.9 Å². The van der Waals surface area contributed by atoms with E-state index in [1.807, 2.05) is 0 Å². The maximum atomic E-state index is 8.65. The van der Waals surface area contributed by atoms with Crippen LogP contribution in [0.3, 0.4) is 0 Å². The van der Waals surface area contributed by atoms with E-state index < -0.39 is 33.5 Å². The van der Waals surface area contributed by atoms with Crippen LogP contribution in [0.5, 0.6) is 0 Å². The SMILES string of the molecule is [Ba+2].[Cu+2].[O]=[W](=[O])([O-])[O-].[O]=[W](=[O])([O-])[O-]. The van der Waals surface area contributed by atoms with Gasteiger partial charge in [-0.3, -0.25) is 0 Å². The van der Waals surface area contributed by atoms with Crippen molar-refractivity contribution in [3.63, 3.8) is 0 Å². The first-order chi connectivity index (χ1) is 4.00. The molecule has 8 nitrogen and oxygen atoms in total. The predicted molar refractivity (Wildman–Crippen MR) is 8.50 cm³/mol. The minimum atomic E-state index is -6.17. The fraction of sp³-hybridized carbons (Fsp3) is 0. The summed E-state index contributed by atoms with van der Waals surface area (Å²) >= 11 is -12.3. The molecule has 0 aromatic carbocycles. The van der Waals surface area contributed by atoms with Gasteiger partial charge in [-0.15, -0.1) is 0 Å². The van der Waals surface area contributed by atoms with Gasteiger partial charge >= 0.3 is 128 Å². The van der Waals surface area contributed by atoms with Crippen molar-refractivity contribution in [1.82, 2.24) is 0 Å². The van der Waals surface area contributed by atoms with Crippen LogP contribution in [0, 0.1) is 0 Å². The summed E-state index contributed by atoms with van der Waals surface area (Å²) in [6.45, 7) is 0. The van der Waals surface area contributed by atoms with Crippen LogP contribution in [0.4, 0.5) is 0 Å². The van der Waals surface area contributed by atoms with Gasteiger partial charge in [0, 0.05) is 0 Å². The summed E-state index contributed by atoms with van der Waals surface area (Å²) < 4.78 is 69.2. The summed E-state index contributed by atoms with van der Waals surface area (Å²) in [7, 11) is 0. The third kappa shape index (κ3) is 263. The van der Waals surface area contributed by atoms with Gasteiger partial charge < -0.3 is 0 Å². The van der Waals surface area contributed by atoms with Gasteiger partial charge in [-0.05, 0) is 0 Å². The molecule has 0 saturated carbocycles. The van der Waals surface area contributed by atoms with Crippen molar-refractivity contribution in [2.75, 3.05) is 0 Å². The standard InChI is InChI=1S/Ba.Cu.8O.2W/q2*+2;;;;;4*-1;;. The van der Waals surface area contributed by atoms with Crippen molar-refractivity contribution in [3.8, 4) is 0 Å². The molecule has 0 aliphatic heterocycles. The van der Waals surface area contributed by atoms with Crippen molar-refractivity contribution in [1.29, 1.82) is 0 Å². The van der Waals surface area contributed by atoms with Crippen LogP contribution < -0.4 is 15.0 Å². The van der Waals surface area contributed by atoms with Crippen LogP contribution in [0.15, 0.2) is 0 Å². The number of rotatable bonds is 0. The summed E-state index contributed by atoms with van der Waals surface area (Å²) in [6.07, 6.45) is 0. The first-order valence-corrected chi connectivity index (χ1v) is 10.9. The van der Waals surface area contributed by atoms with Crippen LogP contribution in [0.1, 0.15) is 0 Å². The quantitative estimate of drug-likeness (QED) is 0.227. The van der Waals surface area contributed by atoms with E-state index in [0.717, 1.165) is 0 Å². The summed E-state index contributed by atoms with van der Waals surface area (Å²) in [5, 5.41) is 0. The van der Waals surface area contributed by atoms with Crippen molar-refractivity contribution < 1.29 is 79.2 Å². The third-order valence-electron chi connectivity index (χ3n) is 0. The minimum absolute atomic E-state index is 0. The van der Waals surface area contributed by atoms with E-state index in [1.165, 1.54) is 0 Å². The molecule has 73 valence electrons. The van der Waals surface area contributed by atoms with E-state index in [4.69, 9.17) is 28.6 Å². The molecule has 0 bridgehead atoms. The van der Waals surface area contributed by atoms with E-state index in [0.29, 0.717) is 0 Å². The molecule has 0 heterocycles. The van der Waals surface area contributed by atoms with Gasteiger partial charge in [-0.1, -0.05) is 0 Å². The molecule has 0 unspecified atom stereocenters. The second-order valence-electron chi connectivity index (χ2n) is 0.816. The molecule has 0 N–H and O–H groups in total. The molecular weight excluding hydrogens is 697 g/mol. The Kier molecular flexibility index (Phi) is 20.1. The summed E-state index contributed by atoms with van der Waals surface area (Å²) in [5.41, 5.74) is 0. The zero-order valence-electron chi connectivity index (χ0n) is 5.09. The van der Waals surface area contributed by atoms with Crippen LogP contribution in [0.2, 0.25) is 0 Å². The summed E-state index contributed by atoms with van der Waals surface area (Å²) in [5.74, 6) is 0. The van der Waals surface area contributed by atoms with Crippen LogP contribution >= 0.6 is 0 Å². The van der Waals surface area contributed by atoms with Gasteiger partial charge in [0.15, 0.2) is 0 Å². The number of hydrogen-bond acceptors (Lipinski definition) is 8. The van der Waals surface area contributed by atoms with Gasteiger partial charge in [-0.2, -0.15) is 0 Å². The second-order valence-corrected chi connectivity index (χ2v) is 6.68. The van der Waals surface area contributed by atoms with Crippen molar-refractivity contribution >= 4 is 48.9 Å². The Labute approximate surface area is 125 Å². The second kappa shape index (κ2) is 10.0. The third-order valence-corrected chi connectivity index (χ3v) is 0. The zero-order chi connectivity index (χ0) is 9.00. The Balaban J connectivity index is -0.0000000457. The molecule has 0 saturated heterocycles. The molecule has 0 aliphatic rings. The Bertz CT molecular complexity index is 213. The fourth-order valence-corrected chi connectivity index (χ4v) is 0. The van der Waals surface area contributed by atoms with E-state index >= 15 is 0 Å². The van der Waals surface area contributed by atoms with Crippen molar-refractivity contribution in [3.05, 3.63) is 0 Å². The molecule has 0 aromatic heterocycles. The Hall–Kier alpha value is 2.51. The first-order valence-electron chi connectivity index (χ1n) is 1.33. The van der Waals surface area contributed by atoms with E-state index in [2.05, 4.69) is 0 Å². The maximum absolute atomic E-state index is 8.65. The summed E-state index contributed by atoms with van der Waals surface area (Å²) in [6, 6.07) is 0. The van der Waals surface area contributed by atoms with E-state index in [1.54, 1.807) is 0 Å². The fourth-order valence-electron chi connectivity index (χ4n) is 0. The molecule has 0 atom stereocenters. The average Bonchev–Trinajstić information content (AvgIpc) is 1.12. The molecule has 0 aromatic rings. The molecule has 0 amide bonds. The molecule has 0 fully saturated rings. The van der Waals surface area contributed by atoms with Crippen molar-refractivity contribution in [2.45, 2.75) is 0 Å². The molecule has 12 heavy (non-hydrogen) atoms. The molecule has 0 spiro atoms. The van der Waals surface area contributed by atoms with E-state index in [9.17, 15) is 0 Å². The first kappa shape index (κ1) is 24.0. The topological polar surface area (TPSA) is 161 Å². The molecular formula is BaCuO8W2. The van der Waals surface area contributed by atoms with Crippen LogP contribution in [0.25, 0.3) is 0 Å². The van der Waals surface area contributed by atoms with Crippen molar-refractivity contribution in [2.24, 2.45) is 0 Å². The predicted octanol–water partition coefficient (Wildman–Crippen LogP) is -5.62. The van der Waals surface area contributed by atoms with Gasteiger partial charge in [0.05, 0.1) is 0 Å². The zero-order valence-corrected chi connectivity index (χ0v) is 16.3. The Morgan fingerprint density at radius 1 is 0.667 bits per heavy atom. The Morgan fingerprint density at radius 3 is 0.667 bits per heavy atom. The van der Waals surface area contributed by atoms with Crippen LogP contribution in [-0.4, -0.2) is 48.9 Å². The summed E-state index contributed by atoms with van der Waals surface area (Å²) in [4.78, 5) is 0. The molecule has 0 rings (SSSR count). The average molecular weight is 697 g/mol. The normalized spacial score (nSPS) is 9.67. The van der Waals surface area contributed by atoms with Gasteiger partial charge in [0.25, 0.3) is 0 Å². The van der Waals surface area contributed by atoms with Gasteiger partial charge in [-0.25, -0.2) is 0 Å². The van der Waals surface area contributed by atoms with Gasteiger partial charge in [0.2, 0.25) is 0 Å². The Morgan fingerprint density at radius 2 is 0.667 bits per heavy atom. The molecule has 1 radical (unpaired) electrons. The molecule has 0 aliphatic carbocycles. The molecule has 12 heteroatoms. The number of hydrogen-bond donors (Lipinski definition) is 0. The van der Waals surface area contributed by atoms with Crippen LogP contribution in [-0.2, 0) is 64.2 Å². The van der Waals surface area contributed by atoms with Gasteiger partial charge in [0.1, 0.15) is 0 Å².